The number of anilines is 1. The van der Waals surface area contributed by atoms with Crippen molar-refractivity contribution < 1.29 is 8.42 Å². The molecule has 3 nitrogen and oxygen atoms in total. The first-order chi connectivity index (χ1) is 9.45. The molecule has 1 fully saturated rings. The number of alkyl halides is 1. The fourth-order valence-corrected chi connectivity index (χ4v) is 3.76. The zero-order valence-electron chi connectivity index (χ0n) is 11.9. The quantitative estimate of drug-likeness (QED) is 0.843. The van der Waals surface area contributed by atoms with Crippen LogP contribution in [0.15, 0.2) is 29.2 Å². The highest BCUT2D eigenvalue weighted by atomic mass is 35.5. The van der Waals surface area contributed by atoms with E-state index >= 15 is 0 Å². The number of benzene rings is 1. The molecule has 0 atom stereocenters. The number of sulfone groups is 1. The van der Waals surface area contributed by atoms with Gasteiger partial charge in [-0.1, -0.05) is 19.3 Å². The van der Waals surface area contributed by atoms with E-state index in [1.165, 1.54) is 38.4 Å². The minimum absolute atomic E-state index is 0.190. The fraction of sp³-hybridized carbons (Fsp3) is 0.600. The van der Waals surface area contributed by atoms with Gasteiger partial charge in [-0.2, -0.15) is 0 Å². The smallest absolute Gasteiger partial charge is 0.175 e. The van der Waals surface area contributed by atoms with Gasteiger partial charge in [-0.3, -0.25) is 0 Å². The maximum absolute atomic E-state index is 11.4. The van der Waals surface area contributed by atoms with E-state index in [1.807, 2.05) is 12.1 Å². The predicted octanol–water partition coefficient (Wildman–Crippen LogP) is 3.69. The van der Waals surface area contributed by atoms with E-state index in [9.17, 15) is 8.42 Å². The Morgan fingerprint density at radius 1 is 1.15 bits per heavy atom. The third kappa shape index (κ3) is 3.89. The van der Waals surface area contributed by atoms with Gasteiger partial charge in [0.05, 0.1) is 4.90 Å². The Kier molecular flexibility index (Phi) is 4.97. The highest BCUT2D eigenvalue weighted by Gasteiger charge is 2.30. The summed E-state index contributed by atoms with van der Waals surface area (Å²) in [6.45, 7) is 0.856. The summed E-state index contributed by atoms with van der Waals surface area (Å²) in [6.07, 6.45) is 7.38. The number of hydrogen-bond donors (Lipinski definition) is 1. The van der Waals surface area contributed by atoms with Gasteiger partial charge in [-0.15, -0.1) is 11.6 Å². The third-order valence-corrected chi connectivity index (χ3v) is 5.84. The normalized spacial score (nSPS) is 18.7. The monoisotopic (exact) mass is 315 g/mol. The van der Waals surface area contributed by atoms with Crippen molar-refractivity contribution in [2.75, 3.05) is 24.0 Å². The summed E-state index contributed by atoms with van der Waals surface area (Å²) >= 11 is 6.17. The zero-order valence-corrected chi connectivity index (χ0v) is 13.4. The van der Waals surface area contributed by atoms with Gasteiger partial charge in [-0.05, 0) is 37.1 Å². The molecule has 1 aliphatic rings. The van der Waals surface area contributed by atoms with E-state index in [-0.39, 0.29) is 5.41 Å². The highest BCUT2D eigenvalue weighted by molar-refractivity contribution is 7.90. The molecule has 0 radical (unpaired) electrons. The molecular formula is C15H22ClNO2S. The second-order valence-electron chi connectivity index (χ2n) is 5.84. The lowest BCUT2D eigenvalue weighted by atomic mass is 9.75. The molecule has 5 heteroatoms. The molecule has 0 heterocycles. The van der Waals surface area contributed by atoms with Crippen molar-refractivity contribution >= 4 is 27.1 Å². The van der Waals surface area contributed by atoms with Gasteiger partial charge in [0.1, 0.15) is 0 Å². The summed E-state index contributed by atoms with van der Waals surface area (Å²) < 4.78 is 22.8. The molecule has 1 saturated carbocycles. The van der Waals surface area contributed by atoms with Crippen LogP contribution in [0.1, 0.15) is 32.1 Å². The maximum atomic E-state index is 11.4. The summed E-state index contributed by atoms with van der Waals surface area (Å²) in [6, 6.07) is 6.93. The average molecular weight is 316 g/mol. The first kappa shape index (κ1) is 15.6. The number of nitrogens with one attached hydrogen (secondary N) is 1. The first-order valence-electron chi connectivity index (χ1n) is 7.05. The van der Waals surface area contributed by atoms with Crippen LogP contribution in [-0.4, -0.2) is 27.1 Å². The Hall–Kier alpha value is -0.740. The maximum Gasteiger partial charge on any atom is 0.175 e. The van der Waals surface area contributed by atoms with Gasteiger partial charge in [0.15, 0.2) is 9.84 Å². The molecule has 2 rings (SSSR count). The first-order valence-corrected chi connectivity index (χ1v) is 9.48. The second-order valence-corrected chi connectivity index (χ2v) is 8.13. The van der Waals surface area contributed by atoms with Crippen LogP contribution in [0.2, 0.25) is 0 Å². The molecule has 112 valence electrons. The standard InChI is InChI=1S/C15H22ClNO2S/c1-20(18,19)14-7-5-13(6-8-14)17-12-15(11-16)9-3-2-4-10-15/h5-8,17H,2-4,9-12H2,1H3. The van der Waals surface area contributed by atoms with E-state index in [2.05, 4.69) is 5.32 Å². The van der Waals surface area contributed by atoms with E-state index < -0.39 is 9.84 Å². The van der Waals surface area contributed by atoms with Crippen LogP contribution in [0.3, 0.4) is 0 Å². The number of hydrogen-bond acceptors (Lipinski definition) is 3. The van der Waals surface area contributed by atoms with Crippen LogP contribution in [-0.2, 0) is 9.84 Å². The molecule has 1 aromatic rings. The number of halogens is 1. The van der Waals surface area contributed by atoms with Crippen LogP contribution in [0.5, 0.6) is 0 Å². The molecule has 0 aromatic heterocycles. The number of rotatable bonds is 5. The second kappa shape index (κ2) is 6.35. The lowest BCUT2D eigenvalue weighted by Crippen LogP contribution is -2.33. The van der Waals surface area contributed by atoms with E-state index in [4.69, 9.17) is 11.6 Å². The largest absolute Gasteiger partial charge is 0.384 e. The van der Waals surface area contributed by atoms with Crippen LogP contribution < -0.4 is 5.32 Å². The zero-order chi connectivity index (χ0) is 14.6. The van der Waals surface area contributed by atoms with Crippen molar-refractivity contribution in [2.24, 2.45) is 5.41 Å². The summed E-state index contributed by atoms with van der Waals surface area (Å²) in [5.74, 6) is 0.682. The SMILES string of the molecule is CS(=O)(=O)c1ccc(NCC2(CCl)CCCCC2)cc1. The average Bonchev–Trinajstić information content (AvgIpc) is 2.46. The molecule has 0 bridgehead atoms. The van der Waals surface area contributed by atoms with Gasteiger partial charge >= 0.3 is 0 Å². The molecule has 0 saturated heterocycles. The minimum atomic E-state index is -3.12. The van der Waals surface area contributed by atoms with Crippen LogP contribution in [0.25, 0.3) is 0 Å². The molecule has 1 aromatic carbocycles. The van der Waals surface area contributed by atoms with Crippen LogP contribution >= 0.6 is 11.6 Å². The van der Waals surface area contributed by atoms with Crippen molar-refractivity contribution in [1.29, 1.82) is 0 Å². The Balaban J connectivity index is 2.00. The third-order valence-electron chi connectivity index (χ3n) is 4.15. The van der Waals surface area contributed by atoms with Crippen molar-refractivity contribution in [1.82, 2.24) is 0 Å². The van der Waals surface area contributed by atoms with E-state index in [0.717, 1.165) is 12.2 Å². The van der Waals surface area contributed by atoms with Crippen molar-refractivity contribution in [3.63, 3.8) is 0 Å². The van der Waals surface area contributed by atoms with Gasteiger partial charge in [0.25, 0.3) is 0 Å². The summed E-state index contributed by atoms with van der Waals surface area (Å²) in [5, 5.41) is 3.41. The predicted molar refractivity (Wildman–Crippen MR) is 84.3 cm³/mol. The molecule has 1 N–H and O–H groups in total. The topological polar surface area (TPSA) is 46.2 Å². The molecule has 20 heavy (non-hydrogen) atoms. The summed E-state index contributed by atoms with van der Waals surface area (Å²) in [7, 11) is -3.12. The Bertz CT molecular complexity index is 533. The molecular weight excluding hydrogens is 294 g/mol. The van der Waals surface area contributed by atoms with Crippen LogP contribution in [0, 0.1) is 5.41 Å². The lowest BCUT2D eigenvalue weighted by Gasteiger charge is -2.36. The Morgan fingerprint density at radius 3 is 2.25 bits per heavy atom. The van der Waals surface area contributed by atoms with Gasteiger partial charge in [0, 0.05) is 29.8 Å². The Morgan fingerprint density at radius 2 is 1.75 bits per heavy atom. The van der Waals surface area contributed by atoms with Gasteiger partial charge in [0.2, 0.25) is 0 Å². The summed E-state index contributed by atoms with van der Waals surface area (Å²) in [5.41, 5.74) is 1.14. The lowest BCUT2D eigenvalue weighted by molar-refractivity contribution is 0.238. The van der Waals surface area contributed by atoms with E-state index in [0.29, 0.717) is 10.8 Å². The molecule has 0 aliphatic heterocycles. The van der Waals surface area contributed by atoms with Gasteiger partial charge in [-0.25, -0.2) is 8.42 Å². The fourth-order valence-electron chi connectivity index (χ4n) is 2.77. The highest BCUT2D eigenvalue weighted by Crippen LogP contribution is 2.37. The van der Waals surface area contributed by atoms with Crippen molar-refractivity contribution in [2.45, 2.75) is 37.0 Å². The van der Waals surface area contributed by atoms with Crippen molar-refractivity contribution in [3.8, 4) is 0 Å². The Labute approximate surface area is 126 Å². The summed E-state index contributed by atoms with van der Waals surface area (Å²) in [4.78, 5) is 0.354. The molecule has 0 spiro atoms. The van der Waals surface area contributed by atoms with Crippen molar-refractivity contribution in [3.05, 3.63) is 24.3 Å². The minimum Gasteiger partial charge on any atom is -0.384 e. The van der Waals surface area contributed by atoms with E-state index in [1.54, 1.807) is 12.1 Å². The molecule has 1 aliphatic carbocycles. The van der Waals surface area contributed by atoms with Gasteiger partial charge < -0.3 is 5.32 Å². The molecule has 0 amide bonds. The van der Waals surface area contributed by atoms with Crippen LogP contribution in [0.4, 0.5) is 5.69 Å². The molecule has 0 unspecified atom stereocenters.